The molecule has 0 aromatic carbocycles. The zero-order valence-electron chi connectivity index (χ0n) is 11.8. The van der Waals surface area contributed by atoms with Gasteiger partial charge >= 0.3 is 0 Å². The van der Waals surface area contributed by atoms with Crippen molar-refractivity contribution in [3.63, 3.8) is 0 Å². The summed E-state index contributed by atoms with van der Waals surface area (Å²) in [6.07, 6.45) is 1.98. The topological polar surface area (TPSA) is 37.4 Å². The van der Waals surface area contributed by atoms with Crippen LogP contribution < -0.4 is 10.2 Å². The van der Waals surface area contributed by atoms with Crippen molar-refractivity contribution in [2.24, 2.45) is 0 Å². The Bertz CT molecular complexity index is 418. The van der Waals surface area contributed by atoms with E-state index in [9.17, 15) is 0 Å². The van der Waals surface area contributed by atoms with Crippen molar-refractivity contribution in [2.75, 3.05) is 31.6 Å². The van der Waals surface area contributed by atoms with Gasteiger partial charge in [-0.3, -0.25) is 4.98 Å². The monoisotopic (exact) mass is 249 g/mol. The van der Waals surface area contributed by atoms with E-state index in [0.29, 0.717) is 0 Å². The predicted octanol–water partition coefficient (Wildman–Crippen LogP) is 1.72. The highest BCUT2D eigenvalue weighted by molar-refractivity contribution is 5.54. The van der Waals surface area contributed by atoms with Gasteiger partial charge < -0.3 is 15.0 Å². The number of morpholine rings is 1. The van der Waals surface area contributed by atoms with Gasteiger partial charge in [0.15, 0.2) is 0 Å². The molecule has 18 heavy (non-hydrogen) atoms. The molecular formula is C14H23N3O. The number of aryl methyl sites for hydroxylation is 1. The maximum absolute atomic E-state index is 5.77. The molecule has 1 aliphatic heterocycles. The van der Waals surface area contributed by atoms with Gasteiger partial charge in [-0.1, -0.05) is 0 Å². The Balaban J connectivity index is 2.28. The number of pyridine rings is 1. The van der Waals surface area contributed by atoms with E-state index in [2.05, 4.69) is 35.1 Å². The summed E-state index contributed by atoms with van der Waals surface area (Å²) in [5, 5.41) is 3.21. The third-order valence-corrected chi connectivity index (χ3v) is 3.23. The second kappa shape index (κ2) is 5.24. The lowest BCUT2D eigenvalue weighted by atomic mass is 10.1. The smallest absolute Gasteiger partial charge is 0.0801 e. The number of aromatic nitrogens is 1. The molecule has 0 bridgehead atoms. The Labute approximate surface area is 109 Å². The molecule has 0 spiro atoms. The molecule has 1 saturated heterocycles. The van der Waals surface area contributed by atoms with Crippen molar-refractivity contribution in [3.8, 4) is 0 Å². The fourth-order valence-corrected chi connectivity index (χ4v) is 2.42. The van der Waals surface area contributed by atoms with Gasteiger partial charge in [0.1, 0.15) is 0 Å². The number of hydrogen-bond acceptors (Lipinski definition) is 4. The van der Waals surface area contributed by atoms with Gasteiger partial charge in [-0.25, -0.2) is 0 Å². The molecule has 0 unspecified atom stereocenters. The lowest BCUT2D eigenvalue weighted by Gasteiger charge is -2.40. The molecule has 0 radical (unpaired) electrons. The molecule has 2 rings (SSSR count). The predicted molar refractivity (Wildman–Crippen MR) is 74.0 cm³/mol. The van der Waals surface area contributed by atoms with Crippen LogP contribution in [0.15, 0.2) is 12.3 Å². The van der Waals surface area contributed by atoms with E-state index in [-0.39, 0.29) is 5.60 Å². The normalized spacial score (nSPS) is 19.0. The van der Waals surface area contributed by atoms with E-state index in [1.165, 1.54) is 11.3 Å². The van der Waals surface area contributed by atoms with E-state index in [1.54, 1.807) is 0 Å². The van der Waals surface area contributed by atoms with Gasteiger partial charge in [-0.05, 0) is 33.9 Å². The van der Waals surface area contributed by atoms with Crippen LogP contribution in [0.4, 0.5) is 5.69 Å². The van der Waals surface area contributed by atoms with Crippen LogP contribution in [-0.4, -0.2) is 37.3 Å². The molecule has 0 aliphatic carbocycles. The van der Waals surface area contributed by atoms with Gasteiger partial charge in [0.25, 0.3) is 0 Å². The molecule has 0 amide bonds. The minimum atomic E-state index is -0.0770. The number of hydrogen-bond donors (Lipinski definition) is 1. The van der Waals surface area contributed by atoms with Gasteiger partial charge in [0.05, 0.1) is 12.2 Å². The molecule has 1 aromatic rings. The van der Waals surface area contributed by atoms with Gasteiger partial charge in [0.2, 0.25) is 0 Å². The van der Waals surface area contributed by atoms with Crippen LogP contribution in [0.3, 0.4) is 0 Å². The Morgan fingerprint density at radius 2 is 2.28 bits per heavy atom. The average Bonchev–Trinajstić information content (AvgIpc) is 2.30. The highest BCUT2D eigenvalue weighted by Gasteiger charge is 2.28. The zero-order chi connectivity index (χ0) is 13.2. The molecule has 4 nitrogen and oxygen atoms in total. The average molecular weight is 249 g/mol. The van der Waals surface area contributed by atoms with Crippen LogP contribution in [0.25, 0.3) is 0 Å². The lowest BCUT2D eigenvalue weighted by Crippen LogP contribution is -2.48. The second-order valence-corrected chi connectivity index (χ2v) is 5.51. The zero-order valence-corrected chi connectivity index (χ0v) is 11.8. The van der Waals surface area contributed by atoms with Crippen molar-refractivity contribution in [1.82, 2.24) is 10.3 Å². The molecular weight excluding hydrogens is 226 g/mol. The van der Waals surface area contributed by atoms with Crippen molar-refractivity contribution in [3.05, 3.63) is 23.5 Å². The third kappa shape index (κ3) is 3.00. The summed E-state index contributed by atoms with van der Waals surface area (Å²) in [6.45, 7) is 9.83. The summed E-state index contributed by atoms with van der Waals surface area (Å²) in [5.41, 5.74) is 3.52. The molecule has 4 heteroatoms. The largest absolute Gasteiger partial charge is 0.372 e. The van der Waals surface area contributed by atoms with Gasteiger partial charge in [-0.15, -0.1) is 0 Å². The minimum absolute atomic E-state index is 0.0770. The van der Waals surface area contributed by atoms with E-state index in [1.807, 2.05) is 20.2 Å². The van der Waals surface area contributed by atoms with Crippen molar-refractivity contribution >= 4 is 5.69 Å². The van der Waals surface area contributed by atoms with Crippen LogP contribution in [0.2, 0.25) is 0 Å². The minimum Gasteiger partial charge on any atom is -0.372 e. The number of anilines is 1. The summed E-state index contributed by atoms with van der Waals surface area (Å²) in [5.74, 6) is 0. The summed E-state index contributed by atoms with van der Waals surface area (Å²) in [7, 11) is 1.97. The molecule has 0 atom stereocenters. The third-order valence-electron chi connectivity index (χ3n) is 3.23. The molecule has 2 heterocycles. The highest BCUT2D eigenvalue weighted by Crippen LogP contribution is 2.26. The Hall–Kier alpha value is -1.13. The maximum atomic E-state index is 5.77. The quantitative estimate of drug-likeness (QED) is 0.885. The Morgan fingerprint density at radius 3 is 2.94 bits per heavy atom. The summed E-state index contributed by atoms with van der Waals surface area (Å²) >= 11 is 0. The molecule has 1 aliphatic rings. The second-order valence-electron chi connectivity index (χ2n) is 5.51. The molecule has 1 aromatic heterocycles. The fraction of sp³-hybridized carbons (Fsp3) is 0.643. The van der Waals surface area contributed by atoms with Crippen molar-refractivity contribution in [2.45, 2.75) is 32.9 Å². The number of nitrogens with one attached hydrogen (secondary N) is 1. The number of nitrogens with zero attached hydrogens (tertiary/aromatic N) is 2. The van der Waals surface area contributed by atoms with Gasteiger partial charge in [-0.2, -0.15) is 0 Å². The van der Waals surface area contributed by atoms with E-state index < -0.39 is 0 Å². The SMILES string of the molecule is CNCc1cnc(C)cc1N1CCOC(C)(C)C1. The Kier molecular flexibility index (Phi) is 3.88. The first-order chi connectivity index (χ1) is 8.52. The molecule has 1 fully saturated rings. The van der Waals surface area contributed by atoms with Crippen LogP contribution >= 0.6 is 0 Å². The standard InChI is InChI=1S/C14H23N3O/c1-11-7-13(12(8-15-4)9-16-11)17-5-6-18-14(2,3)10-17/h7,9,15H,5-6,8,10H2,1-4H3. The van der Waals surface area contributed by atoms with Crippen LogP contribution in [-0.2, 0) is 11.3 Å². The number of ether oxygens (including phenoxy) is 1. The van der Waals surface area contributed by atoms with Crippen LogP contribution in [0, 0.1) is 6.92 Å². The van der Waals surface area contributed by atoms with Crippen LogP contribution in [0.5, 0.6) is 0 Å². The summed E-state index contributed by atoms with van der Waals surface area (Å²) in [4.78, 5) is 6.80. The lowest BCUT2D eigenvalue weighted by molar-refractivity contribution is -0.0277. The Morgan fingerprint density at radius 1 is 1.50 bits per heavy atom. The van der Waals surface area contributed by atoms with E-state index in [4.69, 9.17) is 4.74 Å². The molecule has 0 saturated carbocycles. The van der Waals surface area contributed by atoms with Crippen LogP contribution in [0.1, 0.15) is 25.1 Å². The first-order valence-electron chi connectivity index (χ1n) is 6.51. The van der Waals surface area contributed by atoms with E-state index in [0.717, 1.165) is 31.9 Å². The molecule has 100 valence electrons. The van der Waals surface area contributed by atoms with Crippen molar-refractivity contribution < 1.29 is 4.74 Å². The van der Waals surface area contributed by atoms with Gasteiger partial charge in [0, 0.05) is 42.8 Å². The first kappa shape index (κ1) is 13.3. The van der Waals surface area contributed by atoms with Crippen molar-refractivity contribution in [1.29, 1.82) is 0 Å². The summed E-state index contributed by atoms with van der Waals surface area (Å²) < 4.78 is 5.77. The maximum Gasteiger partial charge on any atom is 0.0801 e. The first-order valence-corrected chi connectivity index (χ1v) is 6.51. The number of rotatable bonds is 3. The van der Waals surface area contributed by atoms with E-state index >= 15 is 0 Å². The summed E-state index contributed by atoms with van der Waals surface area (Å²) in [6, 6.07) is 2.17. The fourth-order valence-electron chi connectivity index (χ4n) is 2.42. The molecule has 1 N–H and O–H groups in total. The highest BCUT2D eigenvalue weighted by atomic mass is 16.5.